The number of pyridine rings is 1. The van der Waals surface area contributed by atoms with Crippen LogP contribution in [0.25, 0.3) is 10.9 Å². The van der Waals surface area contributed by atoms with Crippen molar-refractivity contribution in [2.45, 2.75) is 6.10 Å². The molecule has 1 unspecified atom stereocenters. The molecule has 0 aliphatic carbocycles. The van der Waals surface area contributed by atoms with Gasteiger partial charge in [0.25, 0.3) is 5.91 Å². The van der Waals surface area contributed by atoms with Gasteiger partial charge in [-0.25, -0.2) is 4.39 Å². The van der Waals surface area contributed by atoms with E-state index in [1.807, 2.05) is 30.3 Å². The van der Waals surface area contributed by atoms with Crippen molar-refractivity contribution in [3.8, 4) is 17.2 Å². The van der Waals surface area contributed by atoms with E-state index in [0.717, 1.165) is 11.8 Å². The second-order valence-electron chi connectivity index (χ2n) is 8.79. The summed E-state index contributed by atoms with van der Waals surface area (Å²) in [4.78, 5) is 29.4. The summed E-state index contributed by atoms with van der Waals surface area (Å²) in [5, 5.41) is 4.76. The van der Waals surface area contributed by atoms with Crippen molar-refractivity contribution in [1.82, 2.24) is 9.99 Å². The summed E-state index contributed by atoms with van der Waals surface area (Å²) < 4.78 is 31.9. The zero-order chi connectivity index (χ0) is 28.1. The molecule has 5 rings (SSSR count). The number of fused-ring (bicyclic) bond motifs is 1. The number of benzene rings is 3. The molecule has 0 radical (unpaired) electrons. The standard InChI is InChI=1S/C29H26FN5O5/c1-38-20-8-9-22-25(14-20)32-12-11-26(22)40-27-10-7-19(13-24(27)30)33-28(37)23(17-36)29-35(16-21(15-31)39-29)34-18-5-3-2-4-6-18/h2-14,17,21,34H,15-16,31H2,1H3,(H,33,37)/b29-23-. The Kier molecular flexibility index (Phi) is 7.74. The molecular formula is C29H26FN5O5. The van der Waals surface area contributed by atoms with Gasteiger partial charge in [-0.3, -0.25) is 25.0 Å². The minimum atomic E-state index is -0.773. The van der Waals surface area contributed by atoms with Crippen molar-refractivity contribution in [1.29, 1.82) is 0 Å². The summed E-state index contributed by atoms with van der Waals surface area (Å²) >= 11 is 0. The van der Waals surface area contributed by atoms with Crippen LogP contribution in [0.1, 0.15) is 0 Å². The number of aldehydes is 1. The highest BCUT2D eigenvalue weighted by Crippen LogP contribution is 2.33. The Balaban J connectivity index is 1.35. The summed E-state index contributed by atoms with van der Waals surface area (Å²) in [6.07, 6.45) is 1.50. The van der Waals surface area contributed by atoms with Crippen LogP contribution in [0.4, 0.5) is 15.8 Å². The number of hydrazine groups is 1. The Morgan fingerprint density at radius 3 is 2.67 bits per heavy atom. The molecule has 1 amide bonds. The third-order valence-electron chi connectivity index (χ3n) is 6.12. The first-order chi connectivity index (χ1) is 19.5. The Morgan fingerprint density at radius 2 is 1.95 bits per heavy atom. The van der Waals surface area contributed by atoms with Crippen molar-refractivity contribution in [3.63, 3.8) is 0 Å². The van der Waals surface area contributed by atoms with Gasteiger partial charge in [0, 0.05) is 35.9 Å². The second-order valence-corrected chi connectivity index (χ2v) is 8.79. The SMILES string of the molecule is COc1ccc2c(Oc3ccc(NC(=O)/C(C=O)=C4\OC(CN)CN4Nc4ccccc4)cc3F)ccnc2c1. The number of amides is 1. The molecule has 3 aromatic carbocycles. The van der Waals surface area contributed by atoms with Gasteiger partial charge in [0.1, 0.15) is 23.2 Å². The minimum absolute atomic E-state index is 0.0217. The number of rotatable bonds is 9. The van der Waals surface area contributed by atoms with Crippen LogP contribution in [-0.2, 0) is 14.3 Å². The third-order valence-corrected chi connectivity index (χ3v) is 6.12. The Labute approximate surface area is 229 Å². The molecule has 1 aromatic heterocycles. The Hall–Kier alpha value is -5.16. The highest BCUT2D eigenvalue weighted by molar-refractivity contribution is 6.16. The van der Waals surface area contributed by atoms with Gasteiger partial charge in [-0.15, -0.1) is 0 Å². The number of carbonyl (C=O) groups excluding carboxylic acids is 2. The highest BCUT2D eigenvalue weighted by atomic mass is 19.1. The van der Waals surface area contributed by atoms with Gasteiger partial charge in [-0.1, -0.05) is 18.2 Å². The van der Waals surface area contributed by atoms with Gasteiger partial charge in [-0.05, 0) is 42.5 Å². The fourth-order valence-corrected chi connectivity index (χ4v) is 4.14. The molecular weight excluding hydrogens is 517 g/mol. The first kappa shape index (κ1) is 26.4. The summed E-state index contributed by atoms with van der Waals surface area (Å²) in [7, 11) is 1.56. The van der Waals surface area contributed by atoms with Crippen LogP contribution >= 0.6 is 0 Å². The molecule has 204 valence electrons. The van der Waals surface area contributed by atoms with E-state index in [2.05, 4.69) is 15.7 Å². The molecule has 2 heterocycles. The van der Waals surface area contributed by atoms with Crippen molar-refractivity contribution in [3.05, 3.63) is 96.3 Å². The third kappa shape index (κ3) is 5.64. The molecule has 4 N–H and O–H groups in total. The molecule has 0 spiro atoms. The van der Waals surface area contributed by atoms with Crippen molar-refractivity contribution < 1.29 is 28.2 Å². The summed E-state index contributed by atoms with van der Waals surface area (Å²) in [5.41, 5.74) is 10.1. The van der Waals surface area contributed by atoms with E-state index >= 15 is 4.39 Å². The van der Waals surface area contributed by atoms with Crippen molar-refractivity contribution in [2.24, 2.45) is 5.73 Å². The normalized spacial score (nSPS) is 15.8. The number of anilines is 2. The quantitative estimate of drug-likeness (QED) is 0.123. The van der Waals surface area contributed by atoms with E-state index in [0.29, 0.717) is 35.2 Å². The molecule has 1 aliphatic heterocycles. The number of nitrogens with zero attached hydrogens (tertiary/aromatic N) is 2. The average molecular weight is 544 g/mol. The summed E-state index contributed by atoms with van der Waals surface area (Å²) in [6, 6.07) is 20.0. The predicted molar refractivity (Wildman–Crippen MR) is 147 cm³/mol. The van der Waals surface area contributed by atoms with E-state index in [4.69, 9.17) is 19.9 Å². The smallest absolute Gasteiger partial charge is 0.264 e. The van der Waals surface area contributed by atoms with Crippen LogP contribution in [0.2, 0.25) is 0 Å². The molecule has 4 aromatic rings. The number of methoxy groups -OCH3 is 1. The van der Waals surface area contributed by atoms with E-state index in [9.17, 15) is 9.59 Å². The number of hydrogen-bond acceptors (Lipinski definition) is 9. The highest BCUT2D eigenvalue weighted by Gasteiger charge is 2.32. The van der Waals surface area contributed by atoms with Gasteiger partial charge in [0.05, 0.1) is 24.9 Å². The summed E-state index contributed by atoms with van der Waals surface area (Å²) in [5.74, 6) is -0.496. The number of halogens is 1. The Morgan fingerprint density at radius 1 is 1.12 bits per heavy atom. The van der Waals surface area contributed by atoms with E-state index in [1.54, 1.807) is 42.6 Å². The molecule has 40 heavy (non-hydrogen) atoms. The lowest BCUT2D eigenvalue weighted by Gasteiger charge is -2.20. The van der Waals surface area contributed by atoms with E-state index in [1.165, 1.54) is 12.1 Å². The maximum atomic E-state index is 15.0. The van der Waals surface area contributed by atoms with Crippen LogP contribution in [0.5, 0.6) is 17.2 Å². The molecule has 1 saturated heterocycles. The number of carbonyl (C=O) groups is 2. The average Bonchev–Trinajstić information content (AvgIpc) is 3.37. The van der Waals surface area contributed by atoms with Gasteiger partial charge < -0.3 is 25.3 Å². The van der Waals surface area contributed by atoms with Crippen molar-refractivity contribution in [2.75, 3.05) is 30.9 Å². The lowest BCUT2D eigenvalue weighted by Crippen LogP contribution is -2.31. The lowest BCUT2D eigenvalue weighted by atomic mass is 10.2. The molecule has 1 fully saturated rings. The first-order valence-electron chi connectivity index (χ1n) is 12.4. The van der Waals surface area contributed by atoms with Crippen LogP contribution < -0.4 is 25.9 Å². The van der Waals surface area contributed by atoms with Gasteiger partial charge in [-0.2, -0.15) is 0 Å². The number of hydrogen-bond donors (Lipinski definition) is 3. The Bertz CT molecular complexity index is 1580. The van der Waals surface area contributed by atoms with Gasteiger partial charge in [0.15, 0.2) is 17.9 Å². The lowest BCUT2D eigenvalue weighted by molar-refractivity contribution is -0.115. The molecule has 0 bridgehead atoms. The van der Waals surface area contributed by atoms with Crippen LogP contribution in [0, 0.1) is 5.82 Å². The maximum absolute atomic E-state index is 15.0. The van der Waals surface area contributed by atoms with Crippen LogP contribution in [-0.4, -0.2) is 48.5 Å². The van der Waals surface area contributed by atoms with Gasteiger partial charge >= 0.3 is 0 Å². The topological polar surface area (TPSA) is 128 Å². The molecule has 1 atom stereocenters. The predicted octanol–water partition coefficient (Wildman–Crippen LogP) is 4.21. The first-order valence-corrected chi connectivity index (χ1v) is 12.4. The maximum Gasteiger partial charge on any atom is 0.264 e. The second kappa shape index (κ2) is 11.7. The molecule has 0 saturated carbocycles. The zero-order valence-electron chi connectivity index (χ0n) is 21.5. The van der Waals surface area contributed by atoms with Crippen LogP contribution in [0.15, 0.2) is 90.4 Å². The fourth-order valence-electron chi connectivity index (χ4n) is 4.14. The fraction of sp³-hybridized carbons (Fsp3) is 0.138. The van der Waals surface area contributed by atoms with E-state index in [-0.39, 0.29) is 29.4 Å². The largest absolute Gasteiger partial charge is 0.497 e. The van der Waals surface area contributed by atoms with Gasteiger partial charge in [0.2, 0.25) is 5.88 Å². The molecule has 10 nitrogen and oxygen atoms in total. The number of nitrogens with one attached hydrogen (secondary N) is 2. The number of aromatic nitrogens is 1. The van der Waals surface area contributed by atoms with Crippen LogP contribution in [0.3, 0.4) is 0 Å². The van der Waals surface area contributed by atoms with Crippen molar-refractivity contribution >= 4 is 34.5 Å². The number of para-hydroxylation sites is 1. The molecule has 1 aliphatic rings. The monoisotopic (exact) mass is 543 g/mol. The number of ether oxygens (including phenoxy) is 3. The molecule has 11 heteroatoms. The zero-order valence-corrected chi connectivity index (χ0v) is 21.5. The number of nitrogens with two attached hydrogens (primary N) is 1. The summed E-state index contributed by atoms with van der Waals surface area (Å²) in [6.45, 7) is 0.486. The van der Waals surface area contributed by atoms with E-state index < -0.39 is 17.8 Å². The minimum Gasteiger partial charge on any atom is -0.497 e.